The zero-order chi connectivity index (χ0) is 11.6. The minimum atomic E-state index is -0.506. The monoisotopic (exact) mass is 246 g/mol. The molecule has 0 aliphatic rings. The average molecular weight is 247 g/mol. The number of aryl methyl sites for hydroxylation is 1. The van der Waals surface area contributed by atoms with Gasteiger partial charge in [-0.2, -0.15) is 0 Å². The molecule has 0 aromatic heterocycles. The second-order valence-electron chi connectivity index (χ2n) is 4.27. The molecule has 0 amide bonds. The lowest BCUT2D eigenvalue weighted by Crippen LogP contribution is -2.03. The number of hydrogen-bond acceptors (Lipinski definition) is 1. The van der Waals surface area contributed by atoms with E-state index in [1.807, 2.05) is 13.0 Å². The first-order valence-electron chi connectivity index (χ1n) is 5.05. The highest BCUT2D eigenvalue weighted by molar-refractivity contribution is 6.35. The van der Waals surface area contributed by atoms with Crippen molar-refractivity contribution in [3.63, 3.8) is 0 Å². The molecule has 1 aromatic rings. The van der Waals surface area contributed by atoms with Crippen LogP contribution in [0.25, 0.3) is 0 Å². The normalized spacial score (nSPS) is 13.3. The van der Waals surface area contributed by atoms with E-state index in [9.17, 15) is 5.11 Å². The van der Waals surface area contributed by atoms with Crippen molar-refractivity contribution in [2.24, 2.45) is 5.92 Å². The number of benzene rings is 1. The Morgan fingerprint density at radius 2 is 1.80 bits per heavy atom. The molecule has 0 saturated carbocycles. The van der Waals surface area contributed by atoms with Crippen molar-refractivity contribution in [1.82, 2.24) is 0 Å². The van der Waals surface area contributed by atoms with Crippen LogP contribution in [-0.2, 0) is 0 Å². The second kappa shape index (κ2) is 5.20. The summed E-state index contributed by atoms with van der Waals surface area (Å²) in [7, 11) is 0. The number of halogens is 2. The van der Waals surface area contributed by atoms with E-state index in [4.69, 9.17) is 23.2 Å². The lowest BCUT2D eigenvalue weighted by molar-refractivity contribution is 0.151. The average Bonchev–Trinajstić information content (AvgIpc) is 2.09. The van der Waals surface area contributed by atoms with Crippen LogP contribution in [0.2, 0.25) is 10.0 Å². The Morgan fingerprint density at radius 1 is 1.20 bits per heavy atom. The predicted octanol–water partition coefficient (Wildman–Crippen LogP) is 4.38. The summed E-state index contributed by atoms with van der Waals surface area (Å²) in [5.74, 6) is 0.437. The van der Waals surface area contributed by atoms with Crippen molar-refractivity contribution >= 4 is 23.2 Å². The predicted molar refractivity (Wildman–Crippen MR) is 65.6 cm³/mol. The quantitative estimate of drug-likeness (QED) is 0.840. The molecular weight excluding hydrogens is 231 g/mol. The largest absolute Gasteiger partial charge is 0.388 e. The molecule has 0 aliphatic carbocycles. The lowest BCUT2D eigenvalue weighted by Gasteiger charge is -2.16. The van der Waals surface area contributed by atoms with E-state index >= 15 is 0 Å². The smallest absolute Gasteiger partial charge is 0.0807 e. The van der Waals surface area contributed by atoms with E-state index < -0.39 is 6.10 Å². The topological polar surface area (TPSA) is 20.2 Å². The molecule has 1 nitrogen and oxygen atoms in total. The third-order valence-electron chi connectivity index (χ3n) is 2.33. The summed E-state index contributed by atoms with van der Waals surface area (Å²) in [5.41, 5.74) is 1.71. The van der Waals surface area contributed by atoms with Gasteiger partial charge in [0, 0.05) is 10.0 Å². The number of aliphatic hydroxyl groups excluding tert-OH is 1. The van der Waals surface area contributed by atoms with E-state index in [1.54, 1.807) is 6.07 Å². The van der Waals surface area contributed by atoms with Gasteiger partial charge in [0.1, 0.15) is 0 Å². The van der Waals surface area contributed by atoms with Gasteiger partial charge in [-0.1, -0.05) is 43.1 Å². The zero-order valence-corrected chi connectivity index (χ0v) is 10.7. The molecule has 1 atom stereocenters. The molecule has 0 heterocycles. The van der Waals surface area contributed by atoms with E-state index in [0.717, 1.165) is 11.1 Å². The van der Waals surface area contributed by atoms with Gasteiger partial charge in [-0.05, 0) is 36.5 Å². The molecule has 84 valence electrons. The minimum absolute atomic E-state index is 0.437. The summed E-state index contributed by atoms with van der Waals surface area (Å²) < 4.78 is 0. The zero-order valence-electron chi connectivity index (χ0n) is 9.22. The molecule has 0 radical (unpaired) electrons. The standard InChI is InChI=1S/C12H16Cl2O/c1-7(2)4-12(15)9-5-8(3)10(13)6-11(9)14/h5-7,12,15H,4H2,1-3H3. The Labute approximate surface area is 101 Å². The Morgan fingerprint density at radius 3 is 2.33 bits per heavy atom. The number of hydrogen-bond donors (Lipinski definition) is 1. The molecule has 1 N–H and O–H groups in total. The number of rotatable bonds is 3. The van der Waals surface area contributed by atoms with Crippen molar-refractivity contribution in [2.45, 2.75) is 33.3 Å². The van der Waals surface area contributed by atoms with Crippen molar-refractivity contribution in [2.75, 3.05) is 0 Å². The van der Waals surface area contributed by atoms with Crippen LogP contribution in [-0.4, -0.2) is 5.11 Å². The summed E-state index contributed by atoms with van der Waals surface area (Å²) in [6.07, 6.45) is 0.203. The van der Waals surface area contributed by atoms with E-state index in [2.05, 4.69) is 13.8 Å². The summed E-state index contributed by atoms with van der Waals surface area (Å²) in [6.45, 7) is 6.05. The van der Waals surface area contributed by atoms with Crippen molar-refractivity contribution in [1.29, 1.82) is 0 Å². The van der Waals surface area contributed by atoms with E-state index in [-0.39, 0.29) is 0 Å². The van der Waals surface area contributed by atoms with Crippen molar-refractivity contribution in [3.05, 3.63) is 33.3 Å². The van der Waals surface area contributed by atoms with Gasteiger partial charge >= 0.3 is 0 Å². The fourth-order valence-electron chi connectivity index (χ4n) is 1.51. The van der Waals surface area contributed by atoms with Crippen LogP contribution in [0.4, 0.5) is 0 Å². The molecule has 0 fully saturated rings. The maximum atomic E-state index is 9.96. The third kappa shape index (κ3) is 3.37. The van der Waals surface area contributed by atoms with Gasteiger partial charge < -0.3 is 5.11 Å². The molecule has 3 heteroatoms. The van der Waals surface area contributed by atoms with Gasteiger partial charge in [-0.3, -0.25) is 0 Å². The third-order valence-corrected chi connectivity index (χ3v) is 3.07. The summed E-state index contributed by atoms with van der Waals surface area (Å²) in [6, 6.07) is 3.55. The van der Waals surface area contributed by atoms with Crippen LogP contribution in [0.15, 0.2) is 12.1 Å². The Kier molecular flexibility index (Phi) is 4.45. The molecule has 1 aromatic carbocycles. The lowest BCUT2D eigenvalue weighted by atomic mass is 9.98. The highest BCUT2D eigenvalue weighted by Crippen LogP contribution is 2.31. The Bertz CT molecular complexity index is 348. The summed E-state index contributed by atoms with van der Waals surface area (Å²) >= 11 is 12.0. The van der Waals surface area contributed by atoms with Crippen LogP contribution in [0.3, 0.4) is 0 Å². The van der Waals surface area contributed by atoms with Crippen LogP contribution < -0.4 is 0 Å². The van der Waals surface area contributed by atoms with Gasteiger partial charge in [0.25, 0.3) is 0 Å². The van der Waals surface area contributed by atoms with E-state index in [0.29, 0.717) is 22.4 Å². The maximum absolute atomic E-state index is 9.96. The minimum Gasteiger partial charge on any atom is -0.388 e. The van der Waals surface area contributed by atoms with Crippen LogP contribution in [0.1, 0.15) is 37.5 Å². The van der Waals surface area contributed by atoms with Gasteiger partial charge in [0.05, 0.1) is 6.10 Å². The van der Waals surface area contributed by atoms with Crippen LogP contribution in [0, 0.1) is 12.8 Å². The fourth-order valence-corrected chi connectivity index (χ4v) is 2.02. The molecule has 15 heavy (non-hydrogen) atoms. The van der Waals surface area contributed by atoms with Crippen LogP contribution in [0.5, 0.6) is 0 Å². The van der Waals surface area contributed by atoms with Gasteiger partial charge in [0.15, 0.2) is 0 Å². The highest BCUT2D eigenvalue weighted by Gasteiger charge is 2.14. The molecule has 1 unspecified atom stereocenters. The van der Waals surface area contributed by atoms with Gasteiger partial charge in [-0.15, -0.1) is 0 Å². The summed E-state index contributed by atoms with van der Waals surface area (Å²) in [5, 5.41) is 11.1. The van der Waals surface area contributed by atoms with Crippen molar-refractivity contribution < 1.29 is 5.11 Å². The first-order chi connectivity index (χ1) is 6.91. The SMILES string of the molecule is Cc1cc(C(O)CC(C)C)c(Cl)cc1Cl. The molecule has 1 rings (SSSR count). The highest BCUT2D eigenvalue weighted by atomic mass is 35.5. The summed E-state index contributed by atoms with van der Waals surface area (Å²) in [4.78, 5) is 0. The van der Waals surface area contributed by atoms with E-state index in [1.165, 1.54) is 0 Å². The Hall–Kier alpha value is -0.240. The first-order valence-corrected chi connectivity index (χ1v) is 5.81. The molecule has 0 aliphatic heterocycles. The molecular formula is C12H16Cl2O. The fraction of sp³-hybridized carbons (Fsp3) is 0.500. The molecule has 0 spiro atoms. The molecule has 0 saturated heterocycles. The van der Waals surface area contributed by atoms with Gasteiger partial charge in [0.2, 0.25) is 0 Å². The maximum Gasteiger partial charge on any atom is 0.0807 e. The van der Waals surface area contributed by atoms with Gasteiger partial charge in [-0.25, -0.2) is 0 Å². The molecule has 0 bridgehead atoms. The second-order valence-corrected chi connectivity index (χ2v) is 5.08. The van der Waals surface area contributed by atoms with Crippen molar-refractivity contribution in [3.8, 4) is 0 Å². The van der Waals surface area contributed by atoms with Crippen LogP contribution >= 0.6 is 23.2 Å². The Balaban J connectivity index is 2.98. The first kappa shape index (κ1) is 12.8. The number of aliphatic hydroxyl groups is 1.